The molecule has 0 amide bonds. The molecule has 0 bridgehead atoms. The van der Waals surface area contributed by atoms with Gasteiger partial charge in [-0.2, -0.15) is 0 Å². The number of halogens is 2. The Morgan fingerprint density at radius 2 is 2.32 bits per heavy atom. The molecule has 1 atom stereocenters. The van der Waals surface area contributed by atoms with Crippen LogP contribution in [0.1, 0.15) is 31.7 Å². The van der Waals surface area contributed by atoms with Crippen molar-refractivity contribution in [1.29, 1.82) is 0 Å². The summed E-state index contributed by atoms with van der Waals surface area (Å²) in [6.07, 6.45) is 3.82. The Hall–Kier alpha value is -0.0900. The topological polar surface area (TPSA) is 15.3 Å². The number of nitrogens with one attached hydrogen (secondary N) is 1. The lowest BCUT2D eigenvalue weighted by Crippen LogP contribution is -2.37. The summed E-state index contributed by atoms with van der Waals surface area (Å²) in [5, 5.41) is 4.36. The Morgan fingerprint density at radius 3 is 2.95 bits per heavy atom. The predicted molar refractivity (Wildman–Crippen MR) is 85.7 cm³/mol. The van der Waals surface area contributed by atoms with Gasteiger partial charge in [0.15, 0.2) is 0 Å². The summed E-state index contributed by atoms with van der Waals surface area (Å²) in [6, 6.07) is 6.89. The van der Waals surface area contributed by atoms with Crippen molar-refractivity contribution in [3.63, 3.8) is 0 Å². The Balaban J connectivity index is 1.96. The molecule has 1 unspecified atom stereocenters. The van der Waals surface area contributed by atoms with E-state index in [0.29, 0.717) is 6.04 Å². The Labute approximate surface area is 129 Å². The van der Waals surface area contributed by atoms with Gasteiger partial charge in [-0.25, -0.2) is 0 Å². The van der Waals surface area contributed by atoms with Crippen LogP contribution >= 0.6 is 27.5 Å². The highest BCUT2D eigenvalue weighted by atomic mass is 79.9. The van der Waals surface area contributed by atoms with E-state index < -0.39 is 0 Å². The fourth-order valence-corrected chi connectivity index (χ4v) is 3.22. The first-order valence-corrected chi connectivity index (χ1v) is 8.26. The molecule has 1 fully saturated rings. The first-order valence-electron chi connectivity index (χ1n) is 7.08. The van der Waals surface area contributed by atoms with Crippen LogP contribution in [0.15, 0.2) is 22.7 Å². The molecule has 1 N–H and O–H groups in total. The lowest BCUT2D eigenvalue weighted by molar-refractivity contribution is 0.241. The van der Waals surface area contributed by atoms with Crippen molar-refractivity contribution in [2.45, 2.75) is 38.8 Å². The monoisotopic (exact) mass is 344 g/mol. The number of nitrogens with zero attached hydrogens (tertiary/aromatic N) is 1. The second-order valence-electron chi connectivity index (χ2n) is 5.28. The molecular weight excluding hydrogens is 324 g/mol. The highest BCUT2D eigenvalue weighted by Gasteiger charge is 2.17. The maximum absolute atomic E-state index is 6.05. The largest absolute Gasteiger partial charge is 0.313 e. The Bertz CT molecular complexity index is 405. The van der Waals surface area contributed by atoms with Crippen molar-refractivity contribution in [3.05, 3.63) is 33.3 Å². The van der Waals surface area contributed by atoms with Crippen LogP contribution in [0.3, 0.4) is 0 Å². The third-order valence-corrected chi connectivity index (χ3v) is 4.78. The van der Waals surface area contributed by atoms with Crippen LogP contribution in [0.4, 0.5) is 0 Å². The molecule has 0 radical (unpaired) electrons. The molecule has 1 heterocycles. The van der Waals surface area contributed by atoms with Gasteiger partial charge in [0.1, 0.15) is 0 Å². The average Bonchev–Trinajstić information content (AvgIpc) is 2.87. The zero-order valence-electron chi connectivity index (χ0n) is 11.5. The normalized spacial score (nSPS) is 19.3. The van der Waals surface area contributed by atoms with E-state index in [1.165, 1.54) is 31.4 Å². The van der Waals surface area contributed by atoms with Crippen LogP contribution in [0.2, 0.25) is 5.02 Å². The smallest absolute Gasteiger partial charge is 0.0548 e. The minimum atomic E-state index is 0.669. The Kier molecular flexibility index (Phi) is 6.14. The van der Waals surface area contributed by atoms with Gasteiger partial charge in [0, 0.05) is 23.6 Å². The highest BCUT2D eigenvalue weighted by molar-refractivity contribution is 9.10. The summed E-state index contributed by atoms with van der Waals surface area (Å²) in [4.78, 5) is 2.54. The van der Waals surface area contributed by atoms with Crippen LogP contribution in [0, 0.1) is 0 Å². The quantitative estimate of drug-likeness (QED) is 0.836. The summed E-state index contributed by atoms with van der Waals surface area (Å²) in [6.45, 7) is 6.72. The lowest BCUT2D eigenvalue weighted by atomic mass is 10.1. The molecule has 0 spiro atoms. The van der Waals surface area contributed by atoms with Gasteiger partial charge in [0.25, 0.3) is 0 Å². The highest BCUT2D eigenvalue weighted by Crippen LogP contribution is 2.24. The summed E-state index contributed by atoms with van der Waals surface area (Å²) < 4.78 is 0.988. The predicted octanol–water partition coefficient (Wildman–Crippen LogP) is 4.07. The van der Waals surface area contributed by atoms with Crippen molar-refractivity contribution < 1.29 is 0 Å². The van der Waals surface area contributed by atoms with Crippen molar-refractivity contribution >= 4 is 27.5 Å². The van der Waals surface area contributed by atoms with E-state index in [1.807, 2.05) is 6.07 Å². The molecule has 1 aromatic carbocycles. The minimum Gasteiger partial charge on any atom is -0.313 e. The van der Waals surface area contributed by atoms with Gasteiger partial charge in [0.2, 0.25) is 0 Å². The van der Waals surface area contributed by atoms with Gasteiger partial charge in [-0.15, -0.1) is 0 Å². The van der Waals surface area contributed by atoms with Crippen molar-refractivity contribution in [1.82, 2.24) is 10.2 Å². The zero-order chi connectivity index (χ0) is 13.7. The summed E-state index contributed by atoms with van der Waals surface area (Å²) >= 11 is 9.55. The third-order valence-electron chi connectivity index (χ3n) is 3.57. The number of hydrogen-bond acceptors (Lipinski definition) is 2. The third kappa shape index (κ3) is 4.75. The van der Waals surface area contributed by atoms with Crippen molar-refractivity contribution in [2.24, 2.45) is 0 Å². The second kappa shape index (κ2) is 7.63. The molecule has 1 aromatic rings. The molecular formula is C15H22BrClN2. The van der Waals surface area contributed by atoms with E-state index in [2.05, 4.69) is 45.2 Å². The van der Waals surface area contributed by atoms with Gasteiger partial charge < -0.3 is 5.32 Å². The molecule has 0 aliphatic carbocycles. The van der Waals surface area contributed by atoms with Gasteiger partial charge in [-0.1, -0.05) is 24.6 Å². The molecule has 0 saturated carbocycles. The lowest BCUT2D eigenvalue weighted by Gasteiger charge is -2.25. The molecule has 1 aliphatic rings. The molecule has 1 aliphatic heterocycles. The van der Waals surface area contributed by atoms with Crippen LogP contribution in [-0.4, -0.2) is 30.6 Å². The van der Waals surface area contributed by atoms with Crippen LogP contribution in [0.5, 0.6) is 0 Å². The van der Waals surface area contributed by atoms with Gasteiger partial charge in [-0.05, 0) is 66.0 Å². The first kappa shape index (κ1) is 15.3. The van der Waals surface area contributed by atoms with Crippen LogP contribution in [-0.2, 0) is 6.54 Å². The number of hydrogen-bond donors (Lipinski definition) is 1. The fraction of sp³-hybridized carbons (Fsp3) is 0.600. The Morgan fingerprint density at radius 1 is 1.47 bits per heavy atom. The van der Waals surface area contributed by atoms with E-state index in [1.54, 1.807) is 0 Å². The van der Waals surface area contributed by atoms with E-state index in [4.69, 9.17) is 11.6 Å². The molecule has 19 heavy (non-hydrogen) atoms. The van der Waals surface area contributed by atoms with E-state index in [0.717, 1.165) is 29.1 Å². The number of rotatable bonds is 6. The van der Waals surface area contributed by atoms with Gasteiger partial charge in [0.05, 0.1) is 5.02 Å². The second-order valence-corrected chi connectivity index (χ2v) is 6.54. The van der Waals surface area contributed by atoms with E-state index in [-0.39, 0.29) is 0 Å². The molecule has 2 rings (SSSR count). The first-order chi connectivity index (χ1) is 9.19. The van der Waals surface area contributed by atoms with Crippen LogP contribution in [0.25, 0.3) is 0 Å². The van der Waals surface area contributed by atoms with Crippen LogP contribution < -0.4 is 5.32 Å². The summed E-state index contributed by atoms with van der Waals surface area (Å²) in [5.74, 6) is 0. The zero-order valence-corrected chi connectivity index (χ0v) is 13.8. The standard InChI is InChI=1S/C15H22BrClN2/c1-2-8-19(11-13-4-3-7-18-13)10-12-5-6-15(17)14(16)9-12/h5-6,9,13,18H,2-4,7-8,10-11H2,1H3. The molecule has 106 valence electrons. The molecule has 2 nitrogen and oxygen atoms in total. The van der Waals surface area contributed by atoms with Crippen molar-refractivity contribution in [2.75, 3.05) is 19.6 Å². The van der Waals surface area contributed by atoms with E-state index >= 15 is 0 Å². The summed E-state index contributed by atoms with van der Waals surface area (Å²) in [7, 11) is 0. The van der Waals surface area contributed by atoms with E-state index in [9.17, 15) is 0 Å². The van der Waals surface area contributed by atoms with Gasteiger partial charge >= 0.3 is 0 Å². The molecule has 0 aromatic heterocycles. The maximum Gasteiger partial charge on any atom is 0.0548 e. The molecule has 1 saturated heterocycles. The summed E-state index contributed by atoms with van der Waals surface area (Å²) in [5.41, 5.74) is 1.32. The fourth-order valence-electron chi connectivity index (χ4n) is 2.67. The van der Waals surface area contributed by atoms with Gasteiger partial charge in [-0.3, -0.25) is 4.90 Å². The number of benzene rings is 1. The average molecular weight is 346 g/mol. The SMILES string of the molecule is CCCN(Cc1ccc(Cl)c(Br)c1)CC1CCCN1. The maximum atomic E-state index is 6.05. The molecule has 4 heteroatoms. The van der Waals surface area contributed by atoms with Crippen molar-refractivity contribution in [3.8, 4) is 0 Å². The minimum absolute atomic E-state index is 0.669.